The summed E-state index contributed by atoms with van der Waals surface area (Å²) in [5, 5.41) is 10.1. The van der Waals surface area contributed by atoms with Crippen molar-refractivity contribution >= 4 is 11.3 Å². The van der Waals surface area contributed by atoms with E-state index in [-0.39, 0.29) is 5.82 Å². The van der Waals surface area contributed by atoms with Crippen LogP contribution >= 0.6 is 11.3 Å². The summed E-state index contributed by atoms with van der Waals surface area (Å²) < 4.78 is 12.9. The first-order valence-electron chi connectivity index (χ1n) is 4.56. The molecule has 0 bridgehead atoms. The SMILES string of the molecule is CC(O)c1cnc(-c2cccc(F)c2)s1. The number of rotatable bonds is 2. The molecule has 1 aromatic carbocycles. The van der Waals surface area contributed by atoms with Gasteiger partial charge in [0.05, 0.1) is 11.0 Å². The van der Waals surface area contributed by atoms with Crippen LogP contribution in [0, 0.1) is 5.82 Å². The highest BCUT2D eigenvalue weighted by atomic mass is 32.1. The Bertz CT molecular complexity index is 467. The third-order valence-electron chi connectivity index (χ3n) is 2.01. The highest BCUT2D eigenvalue weighted by Gasteiger charge is 2.08. The fourth-order valence-electron chi connectivity index (χ4n) is 1.23. The van der Waals surface area contributed by atoms with Crippen molar-refractivity contribution in [1.29, 1.82) is 0 Å². The van der Waals surface area contributed by atoms with Gasteiger partial charge in [0.25, 0.3) is 0 Å². The normalized spacial score (nSPS) is 12.7. The van der Waals surface area contributed by atoms with Crippen molar-refractivity contribution in [2.45, 2.75) is 13.0 Å². The minimum Gasteiger partial charge on any atom is -0.388 e. The van der Waals surface area contributed by atoms with Crippen LogP contribution in [0.4, 0.5) is 4.39 Å². The molecule has 78 valence electrons. The van der Waals surface area contributed by atoms with E-state index in [2.05, 4.69) is 4.98 Å². The van der Waals surface area contributed by atoms with Gasteiger partial charge in [0.2, 0.25) is 0 Å². The summed E-state index contributed by atoms with van der Waals surface area (Å²) in [5.41, 5.74) is 0.743. The van der Waals surface area contributed by atoms with Crippen molar-refractivity contribution in [3.8, 4) is 10.6 Å². The highest BCUT2D eigenvalue weighted by molar-refractivity contribution is 7.15. The molecule has 4 heteroatoms. The summed E-state index contributed by atoms with van der Waals surface area (Å²) >= 11 is 1.37. The molecule has 0 amide bonds. The van der Waals surface area contributed by atoms with Gasteiger partial charge in [-0.1, -0.05) is 12.1 Å². The van der Waals surface area contributed by atoms with E-state index in [9.17, 15) is 9.50 Å². The molecule has 1 unspecified atom stereocenters. The van der Waals surface area contributed by atoms with E-state index < -0.39 is 6.10 Å². The summed E-state index contributed by atoms with van der Waals surface area (Å²) in [6, 6.07) is 6.28. The average Bonchev–Trinajstić information content (AvgIpc) is 2.66. The fourth-order valence-corrected chi connectivity index (χ4v) is 2.08. The number of aliphatic hydroxyl groups excluding tert-OH is 1. The second kappa shape index (κ2) is 4.08. The number of thiazole rings is 1. The van der Waals surface area contributed by atoms with Crippen LogP contribution in [-0.4, -0.2) is 10.1 Å². The lowest BCUT2D eigenvalue weighted by Gasteiger charge is -1.97. The molecule has 0 radical (unpaired) electrons. The summed E-state index contributed by atoms with van der Waals surface area (Å²) in [6.45, 7) is 1.68. The molecule has 0 aliphatic heterocycles. The van der Waals surface area contributed by atoms with Crippen LogP contribution < -0.4 is 0 Å². The number of benzene rings is 1. The molecule has 2 nitrogen and oxygen atoms in total. The molecule has 0 saturated heterocycles. The number of aliphatic hydroxyl groups is 1. The Morgan fingerprint density at radius 2 is 2.27 bits per heavy atom. The largest absolute Gasteiger partial charge is 0.388 e. The van der Waals surface area contributed by atoms with Crippen LogP contribution in [0.15, 0.2) is 30.5 Å². The maximum atomic E-state index is 12.9. The van der Waals surface area contributed by atoms with Crippen LogP contribution in [0.25, 0.3) is 10.6 Å². The molecular formula is C11H10FNOS. The van der Waals surface area contributed by atoms with Crippen LogP contribution in [-0.2, 0) is 0 Å². The molecule has 0 saturated carbocycles. The first-order valence-corrected chi connectivity index (χ1v) is 5.38. The second-order valence-corrected chi connectivity index (χ2v) is 4.32. The Morgan fingerprint density at radius 1 is 1.47 bits per heavy atom. The van der Waals surface area contributed by atoms with Crippen molar-refractivity contribution in [3.05, 3.63) is 41.2 Å². The van der Waals surface area contributed by atoms with E-state index in [0.717, 1.165) is 15.4 Å². The van der Waals surface area contributed by atoms with E-state index in [1.54, 1.807) is 25.3 Å². The molecule has 0 fully saturated rings. The topological polar surface area (TPSA) is 33.1 Å². The summed E-state index contributed by atoms with van der Waals surface area (Å²) in [7, 11) is 0. The molecule has 1 atom stereocenters. The maximum Gasteiger partial charge on any atom is 0.123 e. The van der Waals surface area contributed by atoms with Crippen LogP contribution in [0.2, 0.25) is 0 Å². The Balaban J connectivity index is 2.37. The minimum atomic E-state index is -0.523. The van der Waals surface area contributed by atoms with E-state index in [0.29, 0.717) is 0 Å². The lowest BCUT2D eigenvalue weighted by atomic mass is 10.2. The van der Waals surface area contributed by atoms with Gasteiger partial charge in [0.1, 0.15) is 10.8 Å². The number of halogens is 1. The number of hydrogen-bond acceptors (Lipinski definition) is 3. The zero-order valence-corrected chi connectivity index (χ0v) is 8.96. The molecule has 15 heavy (non-hydrogen) atoms. The van der Waals surface area contributed by atoms with E-state index in [4.69, 9.17) is 0 Å². The Kier molecular flexibility index (Phi) is 2.79. The molecule has 2 rings (SSSR count). The smallest absolute Gasteiger partial charge is 0.123 e. The van der Waals surface area contributed by atoms with Crippen molar-refractivity contribution < 1.29 is 9.50 Å². The van der Waals surface area contributed by atoms with Gasteiger partial charge in [-0.3, -0.25) is 0 Å². The Hall–Kier alpha value is -1.26. The van der Waals surface area contributed by atoms with Gasteiger partial charge < -0.3 is 5.11 Å². The van der Waals surface area contributed by atoms with Crippen LogP contribution in [0.3, 0.4) is 0 Å². The molecule has 1 N–H and O–H groups in total. The first-order chi connectivity index (χ1) is 7.16. The monoisotopic (exact) mass is 223 g/mol. The molecule has 2 aromatic rings. The van der Waals surface area contributed by atoms with E-state index in [1.807, 2.05) is 0 Å². The van der Waals surface area contributed by atoms with Crippen molar-refractivity contribution in [2.75, 3.05) is 0 Å². The standard InChI is InChI=1S/C11H10FNOS/c1-7(14)10-6-13-11(15-10)8-3-2-4-9(12)5-8/h2-7,14H,1H3. The number of hydrogen-bond donors (Lipinski definition) is 1. The van der Waals surface area contributed by atoms with Gasteiger partial charge in [-0.2, -0.15) is 0 Å². The summed E-state index contributed by atoms with van der Waals surface area (Å²) in [4.78, 5) is 4.93. The molecule has 0 spiro atoms. The van der Waals surface area contributed by atoms with E-state index >= 15 is 0 Å². The molecule has 1 aromatic heterocycles. The quantitative estimate of drug-likeness (QED) is 0.849. The van der Waals surface area contributed by atoms with Crippen molar-refractivity contribution in [2.24, 2.45) is 0 Å². The Labute approximate surface area is 91.0 Å². The van der Waals surface area contributed by atoms with Crippen molar-refractivity contribution in [1.82, 2.24) is 4.98 Å². The second-order valence-electron chi connectivity index (χ2n) is 3.25. The summed E-state index contributed by atoms with van der Waals surface area (Å²) in [6.07, 6.45) is 1.10. The van der Waals surface area contributed by atoms with Gasteiger partial charge in [0, 0.05) is 11.8 Å². The molecule has 0 aliphatic carbocycles. The average molecular weight is 223 g/mol. The van der Waals surface area contributed by atoms with Gasteiger partial charge in [-0.05, 0) is 19.1 Å². The Morgan fingerprint density at radius 3 is 2.87 bits per heavy atom. The highest BCUT2D eigenvalue weighted by Crippen LogP contribution is 2.28. The predicted octanol–water partition coefficient (Wildman–Crippen LogP) is 3.00. The molecule has 1 heterocycles. The van der Waals surface area contributed by atoms with Crippen LogP contribution in [0.5, 0.6) is 0 Å². The lowest BCUT2D eigenvalue weighted by molar-refractivity contribution is 0.203. The zero-order valence-electron chi connectivity index (χ0n) is 8.14. The fraction of sp³-hybridized carbons (Fsp3) is 0.182. The third kappa shape index (κ3) is 2.22. The maximum absolute atomic E-state index is 12.9. The van der Waals surface area contributed by atoms with E-state index in [1.165, 1.54) is 23.5 Å². The minimum absolute atomic E-state index is 0.277. The van der Waals surface area contributed by atoms with Gasteiger partial charge in [-0.25, -0.2) is 9.37 Å². The first kappa shape index (κ1) is 10.3. The van der Waals surface area contributed by atoms with Gasteiger partial charge >= 0.3 is 0 Å². The summed E-state index contributed by atoms with van der Waals surface area (Å²) in [5.74, 6) is -0.277. The van der Waals surface area contributed by atoms with Gasteiger partial charge in [0.15, 0.2) is 0 Å². The molecular weight excluding hydrogens is 213 g/mol. The van der Waals surface area contributed by atoms with Gasteiger partial charge in [-0.15, -0.1) is 11.3 Å². The lowest BCUT2D eigenvalue weighted by Crippen LogP contribution is -1.83. The zero-order chi connectivity index (χ0) is 10.8. The van der Waals surface area contributed by atoms with Crippen LogP contribution in [0.1, 0.15) is 17.9 Å². The number of nitrogens with zero attached hydrogens (tertiary/aromatic N) is 1. The number of aromatic nitrogens is 1. The third-order valence-corrected chi connectivity index (χ3v) is 3.22. The van der Waals surface area contributed by atoms with Crippen molar-refractivity contribution in [3.63, 3.8) is 0 Å². The molecule has 0 aliphatic rings. The predicted molar refractivity (Wildman–Crippen MR) is 58.1 cm³/mol.